The molecule has 0 saturated carbocycles. The Morgan fingerprint density at radius 2 is 1.93 bits per heavy atom. The number of carbonyl (C=O) groups excluding carboxylic acids is 2. The molecule has 0 aromatic carbocycles. The summed E-state index contributed by atoms with van der Waals surface area (Å²) in [4.78, 5) is 23.3. The number of carbonyl (C=O) groups is 2. The molecule has 1 rings (SSSR count). The van der Waals surface area contributed by atoms with E-state index in [0.29, 0.717) is 18.4 Å². The minimum absolute atomic E-state index is 0.294. The van der Waals surface area contributed by atoms with Crippen molar-refractivity contribution in [2.24, 2.45) is 5.41 Å². The van der Waals surface area contributed by atoms with Crippen molar-refractivity contribution in [3.8, 4) is 0 Å². The number of hydrogen-bond acceptors (Lipinski definition) is 5. The maximum atomic E-state index is 11.6. The lowest BCUT2D eigenvalue weighted by Crippen LogP contribution is -2.42. The first-order valence-corrected chi connectivity index (χ1v) is 4.60. The SMILES string of the molecule is COC(=O)C1(C(=O)OC)CCC=C1CO. The van der Waals surface area contributed by atoms with Crippen molar-refractivity contribution in [1.82, 2.24) is 0 Å². The quantitative estimate of drug-likeness (QED) is 0.407. The van der Waals surface area contributed by atoms with Crippen LogP contribution in [0.5, 0.6) is 0 Å². The van der Waals surface area contributed by atoms with Crippen LogP contribution in [0, 0.1) is 5.41 Å². The second-order valence-electron chi connectivity index (χ2n) is 3.31. The van der Waals surface area contributed by atoms with E-state index in [2.05, 4.69) is 9.47 Å². The molecule has 84 valence electrons. The molecule has 0 amide bonds. The van der Waals surface area contributed by atoms with Gasteiger partial charge in [-0.2, -0.15) is 0 Å². The van der Waals surface area contributed by atoms with Crippen LogP contribution in [0.2, 0.25) is 0 Å². The summed E-state index contributed by atoms with van der Waals surface area (Å²) in [5, 5.41) is 9.11. The van der Waals surface area contributed by atoms with E-state index in [1.165, 1.54) is 14.2 Å². The van der Waals surface area contributed by atoms with Crippen LogP contribution in [0.15, 0.2) is 11.6 Å². The zero-order valence-electron chi connectivity index (χ0n) is 8.78. The fourth-order valence-corrected chi connectivity index (χ4v) is 1.90. The Labute approximate surface area is 87.7 Å². The van der Waals surface area contributed by atoms with Gasteiger partial charge in [0.2, 0.25) is 0 Å². The third-order valence-corrected chi connectivity index (χ3v) is 2.70. The van der Waals surface area contributed by atoms with Crippen molar-refractivity contribution in [3.63, 3.8) is 0 Å². The summed E-state index contributed by atoms with van der Waals surface area (Å²) >= 11 is 0. The first kappa shape index (κ1) is 11.7. The fraction of sp³-hybridized carbons (Fsp3) is 0.600. The molecule has 1 N–H and O–H groups in total. The van der Waals surface area contributed by atoms with E-state index in [1.54, 1.807) is 6.08 Å². The lowest BCUT2D eigenvalue weighted by molar-refractivity contribution is -0.166. The smallest absolute Gasteiger partial charge is 0.327 e. The Hall–Kier alpha value is -1.36. The number of aliphatic hydroxyl groups is 1. The van der Waals surface area contributed by atoms with Gasteiger partial charge in [-0.1, -0.05) is 6.08 Å². The molecule has 0 aliphatic heterocycles. The van der Waals surface area contributed by atoms with E-state index in [9.17, 15) is 9.59 Å². The third kappa shape index (κ3) is 1.63. The molecule has 5 heteroatoms. The van der Waals surface area contributed by atoms with E-state index >= 15 is 0 Å². The Morgan fingerprint density at radius 1 is 1.40 bits per heavy atom. The van der Waals surface area contributed by atoms with Crippen LogP contribution >= 0.6 is 0 Å². The highest BCUT2D eigenvalue weighted by Crippen LogP contribution is 2.41. The molecule has 0 saturated heterocycles. The highest BCUT2D eigenvalue weighted by molar-refractivity contribution is 6.04. The molecule has 1 aliphatic rings. The maximum Gasteiger partial charge on any atom is 0.327 e. The normalized spacial score (nSPS) is 18.2. The molecule has 0 radical (unpaired) electrons. The van der Waals surface area contributed by atoms with Crippen LogP contribution < -0.4 is 0 Å². The number of allylic oxidation sites excluding steroid dienone is 1. The van der Waals surface area contributed by atoms with E-state index < -0.39 is 17.4 Å². The van der Waals surface area contributed by atoms with Crippen molar-refractivity contribution >= 4 is 11.9 Å². The van der Waals surface area contributed by atoms with Gasteiger partial charge in [-0.15, -0.1) is 0 Å². The van der Waals surface area contributed by atoms with Gasteiger partial charge in [-0.05, 0) is 18.4 Å². The molecule has 1 aliphatic carbocycles. The van der Waals surface area contributed by atoms with Gasteiger partial charge in [-0.25, -0.2) is 0 Å². The van der Waals surface area contributed by atoms with Gasteiger partial charge in [0, 0.05) is 0 Å². The zero-order chi connectivity index (χ0) is 11.5. The average molecular weight is 214 g/mol. The minimum atomic E-state index is -1.43. The van der Waals surface area contributed by atoms with Crippen molar-refractivity contribution in [3.05, 3.63) is 11.6 Å². The van der Waals surface area contributed by atoms with Crippen LogP contribution in [0.3, 0.4) is 0 Å². The number of rotatable bonds is 3. The van der Waals surface area contributed by atoms with Crippen LogP contribution in [0.4, 0.5) is 0 Å². The minimum Gasteiger partial charge on any atom is -0.468 e. The molecule has 0 atom stereocenters. The summed E-state index contributed by atoms with van der Waals surface area (Å²) in [6, 6.07) is 0. The molecule has 0 spiro atoms. The molecule has 5 nitrogen and oxygen atoms in total. The van der Waals surface area contributed by atoms with Gasteiger partial charge in [0.25, 0.3) is 0 Å². The van der Waals surface area contributed by atoms with Crippen LogP contribution in [-0.4, -0.2) is 37.9 Å². The first-order valence-electron chi connectivity index (χ1n) is 4.60. The zero-order valence-corrected chi connectivity index (χ0v) is 8.78. The summed E-state index contributed by atoms with van der Waals surface area (Å²) in [5.41, 5.74) is -1.07. The molecule has 0 aromatic rings. The van der Waals surface area contributed by atoms with Crippen LogP contribution in [0.1, 0.15) is 12.8 Å². The Balaban J connectivity index is 3.13. The van der Waals surface area contributed by atoms with Crippen molar-refractivity contribution in [2.45, 2.75) is 12.8 Å². The summed E-state index contributed by atoms with van der Waals surface area (Å²) in [6.45, 7) is -0.343. The highest BCUT2D eigenvalue weighted by atomic mass is 16.5. The van der Waals surface area contributed by atoms with Gasteiger partial charge in [0.1, 0.15) is 0 Å². The number of methoxy groups -OCH3 is 2. The van der Waals surface area contributed by atoms with Crippen LogP contribution in [0.25, 0.3) is 0 Å². The molecular formula is C10H14O5. The predicted octanol–water partition coefficient (Wildman–Crippen LogP) is 0.0313. The van der Waals surface area contributed by atoms with E-state index in [-0.39, 0.29) is 6.61 Å². The lowest BCUT2D eigenvalue weighted by atomic mass is 9.81. The van der Waals surface area contributed by atoms with Crippen LogP contribution in [-0.2, 0) is 19.1 Å². The highest BCUT2D eigenvalue weighted by Gasteiger charge is 2.52. The first-order chi connectivity index (χ1) is 7.13. The van der Waals surface area contributed by atoms with Crippen molar-refractivity contribution in [2.75, 3.05) is 20.8 Å². The molecule has 0 bridgehead atoms. The van der Waals surface area contributed by atoms with E-state index in [1.807, 2.05) is 0 Å². The summed E-state index contributed by atoms with van der Waals surface area (Å²) < 4.78 is 9.20. The van der Waals surface area contributed by atoms with Crippen molar-refractivity contribution in [1.29, 1.82) is 0 Å². The monoisotopic (exact) mass is 214 g/mol. The van der Waals surface area contributed by atoms with Gasteiger partial charge in [0.05, 0.1) is 20.8 Å². The molecule has 0 fully saturated rings. The summed E-state index contributed by atoms with van der Waals surface area (Å²) in [7, 11) is 2.42. The lowest BCUT2D eigenvalue weighted by Gasteiger charge is -2.25. The third-order valence-electron chi connectivity index (χ3n) is 2.70. The van der Waals surface area contributed by atoms with E-state index in [0.717, 1.165) is 0 Å². The summed E-state index contributed by atoms with van der Waals surface area (Å²) in [5.74, 6) is -1.35. The number of esters is 2. The Morgan fingerprint density at radius 3 is 2.33 bits per heavy atom. The topological polar surface area (TPSA) is 72.8 Å². The van der Waals surface area contributed by atoms with Crippen molar-refractivity contribution < 1.29 is 24.2 Å². The van der Waals surface area contributed by atoms with E-state index in [4.69, 9.17) is 5.11 Å². The van der Waals surface area contributed by atoms with Gasteiger partial charge >= 0.3 is 11.9 Å². The number of ether oxygens (including phenoxy) is 2. The second-order valence-corrected chi connectivity index (χ2v) is 3.31. The fourth-order valence-electron chi connectivity index (χ4n) is 1.90. The Bertz CT molecular complexity index is 289. The average Bonchev–Trinajstić information content (AvgIpc) is 2.71. The number of aliphatic hydroxyl groups excluding tert-OH is 1. The van der Waals surface area contributed by atoms with Gasteiger partial charge in [-0.3, -0.25) is 9.59 Å². The standard InChI is InChI=1S/C10H14O5/c1-14-8(12)10(9(13)15-2)5-3-4-7(10)6-11/h4,11H,3,5-6H2,1-2H3. The Kier molecular flexibility index (Phi) is 3.47. The number of hydrogen-bond donors (Lipinski definition) is 1. The molecule has 15 heavy (non-hydrogen) atoms. The molecule has 0 heterocycles. The predicted molar refractivity (Wildman–Crippen MR) is 50.9 cm³/mol. The maximum absolute atomic E-state index is 11.6. The summed E-state index contributed by atoms with van der Waals surface area (Å²) in [6.07, 6.45) is 2.52. The molecular weight excluding hydrogens is 200 g/mol. The molecule has 0 aromatic heterocycles. The molecule has 0 unspecified atom stereocenters. The largest absolute Gasteiger partial charge is 0.468 e. The van der Waals surface area contributed by atoms with Gasteiger partial charge < -0.3 is 14.6 Å². The van der Waals surface area contributed by atoms with Gasteiger partial charge in [0.15, 0.2) is 5.41 Å². The second kappa shape index (κ2) is 4.44.